The summed E-state index contributed by atoms with van der Waals surface area (Å²) in [5, 5.41) is 5.42. The number of ether oxygens (including phenoxy) is 2. The molecule has 0 aliphatic heterocycles. The van der Waals surface area contributed by atoms with Gasteiger partial charge in [-0.3, -0.25) is 14.9 Å². The highest BCUT2D eigenvalue weighted by Gasteiger charge is 2.23. The first-order valence-electron chi connectivity index (χ1n) is 9.44. The number of nitrogens with zero attached hydrogens (tertiary/aromatic N) is 2. The van der Waals surface area contributed by atoms with Crippen LogP contribution in [-0.4, -0.2) is 34.3 Å². The molecule has 0 radical (unpaired) electrons. The Hall–Kier alpha value is -3.82. The third-order valence-electron chi connectivity index (χ3n) is 4.27. The number of hydrogen-bond acceptors (Lipinski definition) is 7. The quantitative estimate of drug-likeness (QED) is 0.652. The van der Waals surface area contributed by atoms with Gasteiger partial charge in [0.15, 0.2) is 0 Å². The molecule has 0 fully saturated rings. The fourth-order valence-corrected chi connectivity index (χ4v) is 2.95. The first-order chi connectivity index (χ1) is 14.5. The van der Waals surface area contributed by atoms with Gasteiger partial charge in [-0.15, -0.1) is 0 Å². The zero-order chi connectivity index (χ0) is 22.9. The Morgan fingerprint density at radius 2 is 1.90 bits per heavy atom. The summed E-state index contributed by atoms with van der Waals surface area (Å²) in [5.74, 6) is 0.102. The number of anilines is 2. The fourth-order valence-electron chi connectivity index (χ4n) is 2.95. The molecular formula is C21H24N4O6. The Morgan fingerprint density at radius 1 is 1.19 bits per heavy atom. The van der Waals surface area contributed by atoms with Crippen LogP contribution in [-0.2, 0) is 11.8 Å². The Labute approximate surface area is 178 Å². The molecule has 31 heavy (non-hydrogen) atoms. The molecule has 3 aromatic rings. The van der Waals surface area contributed by atoms with Crippen molar-refractivity contribution in [3.63, 3.8) is 0 Å². The molecule has 164 valence electrons. The van der Waals surface area contributed by atoms with E-state index in [0.717, 1.165) is 0 Å². The van der Waals surface area contributed by atoms with Crippen LogP contribution in [0.3, 0.4) is 0 Å². The molecular weight excluding hydrogens is 404 g/mol. The van der Waals surface area contributed by atoms with Gasteiger partial charge in [-0.2, -0.15) is 0 Å². The monoisotopic (exact) mass is 428 g/mol. The van der Waals surface area contributed by atoms with Crippen LogP contribution in [0.25, 0.3) is 11.1 Å². The number of rotatable bonds is 4. The number of carbonyl (C=O) groups is 2. The number of aryl methyl sites for hydroxylation is 2. The summed E-state index contributed by atoms with van der Waals surface area (Å²) < 4.78 is 17.3. The summed E-state index contributed by atoms with van der Waals surface area (Å²) in [5.41, 5.74) is -0.210. The van der Waals surface area contributed by atoms with Gasteiger partial charge in [-0.25, -0.2) is 9.78 Å². The zero-order valence-corrected chi connectivity index (χ0v) is 18.2. The van der Waals surface area contributed by atoms with E-state index in [1.165, 1.54) is 31.1 Å². The zero-order valence-electron chi connectivity index (χ0n) is 18.2. The molecule has 10 heteroatoms. The standard InChI is InChI=1S/C21H24N4O6/c1-11-15(16-18(30-11)22-10-25(5)19(16)27)17(26)23-12-7-8-14(29-6)13(9-12)24-20(28)31-21(2,3)4/h7-10H,1-6H3,(H,23,26)(H,24,28). The maximum atomic E-state index is 13.0. The van der Waals surface area contributed by atoms with Crippen molar-refractivity contribution in [2.45, 2.75) is 33.3 Å². The fraction of sp³-hybridized carbons (Fsp3) is 0.333. The number of furan rings is 1. The molecule has 2 aromatic heterocycles. The normalized spacial score (nSPS) is 11.3. The van der Waals surface area contributed by atoms with E-state index in [1.807, 2.05) is 0 Å². The first-order valence-corrected chi connectivity index (χ1v) is 9.44. The van der Waals surface area contributed by atoms with Gasteiger partial charge in [0.05, 0.1) is 18.4 Å². The average molecular weight is 428 g/mol. The van der Waals surface area contributed by atoms with Crippen molar-refractivity contribution in [2.24, 2.45) is 7.05 Å². The van der Waals surface area contributed by atoms with E-state index < -0.39 is 23.2 Å². The van der Waals surface area contributed by atoms with Crippen molar-refractivity contribution in [2.75, 3.05) is 17.7 Å². The lowest BCUT2D eigenvalue weighted by Gasteiger charge is -2.20. The van der Waals surface area contributed by atoms with Gasteiger partial charge >= 0.3 is 6.09 Å². The summed E-state index contributed by atoms with van der Waals surface area (Å²) in [6.07, 6.45) is 0.661. The molecule has 0 saturated heterocycles. The SMILES string of the molecule is COc1ccc(NC(=O)c2c(C)oc3ncn(C)c(=O)c23)cc1NC(=O)OC(C)(C)C. The van der Waals surface area contributed by atoms with Crippen LogP contribution in [0.2, 0.25) is 0 Å². The van der Waals surface area contributed by atoms with E-state index >= 15 is 0 Å². The molecule has 0 unspecified atom stereocenters. The third kappa shape index (κ3) is 4.68. The second-order valence-corrected chi connectivity index (χ2v) is 7.87. The van der Waals surface area contributed by atoms with E-state index in [1.54, 1.807) is 39.8 Å². The molecule has 1 aromatic carbocycles. The van der Waals surface area contributed by atoms with Gasteiger partial charge in [-0.1, -0.05) is 0 Å². The highest BCUT2D eigenvalue weighted by molar-refractivity contribution is 6.12. The minimum atomic E-state index is -0.677. The highest BCUT2D eigenvalue weighted by atomic mass is 16.6. The van der Waals surface area contributed by atoms with Crippen LogP contribution in [0.15, 0.2) is 33.7 Å². The van der Waals surface area contributed by atoms with Crippen LogP contribution in [0, 0.1) is 6.92 Å². The molecule has 0 aliphatic rings. The average Bonchev–Trinajstić information content (AvgIpc) is 3.00. The molecule has 3 rings (SSSR count). The number of carbonyl (C=O) groups excluding carboxylic acids is 2. The lowest BCUT2D eigenvalue weighted by atomic mass is 10.1. The van der Waals surface area contributed by atoms with Gasteiger partial charge < -0.3 is 23.8 Å². The van der Waals surface area contributed by atoms with Crippen molar-refractivity contribution in [3.05, 3.63) is 46.2 Å². The Bertz CT molecular complexity index is 1220. The van der Waals surface area contributed by atoms with Crippen molar-refractivity contribution in [1.82, 2.24) is 9.55 Å². The van der Waals surface area contributed by atoms with Crippen LogP contribution >= 0.6 is 0 Å². The molecule has 0 spiro atoms. The van der Waals surface area contributed by atoms with Crippen LogP contribution < -0.4 is 20.9 Å². The number of fused-ring (bicyclic) bond motifs is 1. The maximum absolute atomic E-state index is 13.0. The smallest absolute Gasteiger partial charge is 0.412 e. The third-order valence-corrected chi connectivity index (χ3v) is 4.27. The van der Waals surface area contributed by atoms with Crippen LogP contribution in [0.5, 0.6) is 5.75 Å². The second kappa shape index (κ2) is 8.13. The number of benzene rings is 1. The summed E-state index contributed by atoms with van der Waals surface area (Å²) in [6, 6.07) is 4.71. The summed E-state index contributed by atoms with van der Waals surface area (Å²) in [4.78, 5) is 41.6. The van der Waals surface area contributed by atoms with E-state index in [-0.39, 0.29) is 22.4 Å². The lowest BCUT2D eigenvalue weighted by Crippen LogP contribution is -2.27. The number of aromatic nitrogens is 2. The van der Waals surface area contributed by atoms with E-state index in [4.69, 9.17) is 13.9 Å². The minimum absolute atomic E-state index is 0.0905. The Morgan fingerprint density at radius 3 is 2.55 bits per heavy atom. The first kappa shape index (κ1) is 21.9. The Kier molecular flexibility index (Phi) is 5.74. The topological polar surface area (TPSA) is 125 Å². The predicted octanol–water partition coefficient (Wildman–Crippen LogP) is 3.44. The molecule has 0 bridgehead atoms. The van der Waals surface area contributed by atoms with Crippen molar-refractivity contribution >= 4 is 34.5 Å². The lowest BCUT2D eigenvalue weighted by molar-refractivity contribution is 0.0635. The molecule has 10 nitrogen and oxygen atoms in total. The van der Waals surface area contributed by atoms with Crippen molar-refractivity contribution in [1.29, 1.82) is 0 Å². The van der Waals surface area contributed by atoms with Crippen molar-refractivity contribution < 1.29 is 23.5 Å². The highest BCUT2D eigenvalue weighted by Crippen LogP contribution is 2.29. The van der Waals surface area contributed by atoms with E-state index in [9.17, 15) is 14.4 Å². The summed E-state index contributed by atoms with van der Waals surface area (Å²) in [6.45, 7) is 6.82. The van der Waals surface area contributed by atoms with Crippen LogP contribution in [0.4, 0.5) is 16.2 Å². The van der Waals surface area contributed by atoms with E-state index in [0.29, 0.717) is 17.1 Å². The molecule has 0 atom stereocenters. The van der Waals surface area contributed by atoms with Gasteiger partial charge in [0.2, 0.25) is 5.71 Å². The largest absolute Gasteiger partial charge is 0.495 e. The molecule has 0 saturated carbocycles. The van der Waals surface area contributed by atoms with Gasteiger partial charge in [0.25, 0.3) is 11.5 Å². The molecule has 0 aliphatic carbocycles. The molecule has 2 N–H and O–H groups in total. The number of methoxy groups -OCH3 is 1. The van der Waals surface area contributed by atoms with Gasteiger partial charge in [-0.05, 0) is 45.9 Å². The summed E-state index contributed by atoms with van der Waals surface area (Å²) in [7, 11) is 2.99. The number of hydrogen-bond donors (Lipinski definition) is 2. The van der Waals surface area contributed by atoms with Gasteiger partial charge in [0, 0.05) is 12.7 Å². The molecule has 2 amide bonds. The minimum Gasteiger partial charge on any atom is -0.495 e. The second-order valence-electron chi connectivity index (χ2n) is 7.87. The van der Waals surface area contributed by atoms with E-state index in [2.05, 4.69) is 15.6 Å². The molecule has 2 heterocycles. The van der Waals surface area contributed by atoms with Crippen molar-refractivity contribution in [3.8, 4) is 5.75 Å². The summed E-state index contributed by atoms with van der Waals surface area (Å²) >= 11 is 0. The van der Waals surface area contributed by atoms with Crippen LogP contribution in [0.1, 0.15) is 36.9 Å². The number of amides is 2. The maximum Gasteiger partial charge on any atom is 0.412 e. The van der Waals surface area contributed by atoms with Gasteiger partial charge in [0.1, 0.15) is 28.8 Å². The predicted molar refractivity (Wildman–Crippen MR) is 115 cm³/mol. The Balaban J connectivity index is 1.91. The number of nitrogens with one attached hydrogen (secondary N) is 2.